The Balaban J connectivity index is 2.67. The van der Waals surface area contributed by atoms with Crippen molar-refractivity contribution in [3.63, 3.8) is 0 Å². The van der Waals surface area contributed by atoms with Gasteiger partial charge in [0.1, 0.15) is 0 Å². The highest BCUT2D eigenvalue weighted by Crippen LogP contribution is 2.45. The molecular formula is C13H17NO3. The van der Waals surface area contributed by atoms with E-state index in [0.717, 1.165) is 11.3 Å². The first-order chi connectivity index (χ1) is 7.93. The topological polar surface area (TPSA) is 38.8 Å². The Morgan fingerprint density at radius 3 is 2.18 bits per heavy atom. The number of carbonyl (C=O) groups excluding carboxylic acids is 1. The van der Waals surface area contributed by atoms with Crippen molar-refractivity contribution in [1.82, 2.24) is 0 Å². The molecule has 0 aromatic heterocycles. The van der Waals surface area contributed by atoms with Crippen LogP contribution < -0.4 is 14.4 Å². The zero-order chi connectivity index (χ0) is 12.8. The lowest BCUT2D eigenvalue weighted by molar-refractivity contribution is -0.121. The SMILES string of the molecule is COc1cc2c(cc1OC)C(C)(C)C(=O)N2C. The maximum absolute atomic E-state index is 12.1. The summed E-state index contributed by atoms with van der Waals surface area (Å²) in [6.07, 6.45) is 0. The van der Waals surface area contributed by atoms with Crippen molar-refractivity contribution in [2.24, 2.45) is 0 Å². The normalized spacial score (nSPS) is 17.0. The van der Waals surface area contributed by atoms with Crippen LogP contribution in [0.5, 0.6) is 11.5 Å². The summed E-state index contributed by atoms with van der Waals surface area (Å²) in [7, 11) is 4.96. The maximum atomic E-state index is 12.1. The van der Waals surface area contributed by atoms with E-state index in [2.05, 4.69) is 0 Å². The second-order valence-corrected chi connectivity index (χ2v) is 4.71. The number of likely N-dealkylation sites (N-methyl/N-ethyl adjacent to an activating group) is 1. The van der Waals surface area contributed by atoms with Crippen molar-refractivity contribution >= 4 is 11.6 Å². The number of benzene rings is 1. The van der Waals surface area contributed by atoms with Crippen LogP contribution in [0.2, 0.25) is 0 Å². The molecule has 1 aliphatic rings. The van der Waals surface area contributed by atoms with Crippen molar-refractivity contribution in [2.75, 3.05) is 26.2 Å². The number of methoxy groups -OCH3 is 2. The Morgan fingerprint density at radius 2 is 1.65 bits per heavy atom. The van der Waals surface area contributed by atoms with E-state index in [1.807, 2.05) is 26.0 Å². The van der Waals surface area contributed by atoms with Crippen LogP contribution in [-0.4, -0.2) is 27.2 Å². The van der Waals surface area contributed by atoms with E-state index in [0.29, 0.717) is 11.5 Å². The zero-order valence-corrected chi connectivity index (χ0v) is 10.8. The van der Waals surface area contributed by atoms with E-state index >= 15 is 0 Å². The Labute approximate surface area is 101 Å². The molecule has 1 aromatic carbocycles. The molecule has 1 aliphatic heterocycles. The number of hydrogen-bond acceptors (Lipinski definition) is 3. The number of nitrogens with zero attached hydrogens (tertiary/aromatic N) is 1. The third-order valence-corrected chi connectivity index (χ3v) is 3.38. The monoisotopic (exact) mass is 235 g/mol. The molecule has 0 fully saturated rings. The summed E-state index contributed by atoms with van der Waals surface area (Å²) >= 11 is 0. The molecule has 4 nitrogen and oxygen atoms in total. The maximum Gasteiger partial charge on any atom is 0.236 e. The number of rotatable bonds is 2. The van der Waals surface area contributed by atoms with Gasteiger partial charge in [0.2, 0.25) is 5.91 Å². The second-order valence-electron chi connectivity index (χ2n) is 4.71. The molecule has 2 rings (SSSR count). The molecule has 0 radical (unpaired) electrons. The highest BCUT2D eigenvalue weighted by molar-refractivity contribution is 6.07. The van der Waals surface area contributed by atoms with E-state index in [-0.39, 0.29) is 5.91 Å². The number of anilines is 1. The largest absolute Gasteiger partial charge is 0.493 e. The van der Waals surface area contributed by atoms with Gasteiger partial charge in [0.05, 0.1) is 25.3 Å². The minimum Gasteiger partial charge on any atom is -0.493 e. The van der Waals surface area contributed by atoms with Gasteiger partial charge in [0.25, 0.3) is 0 Å². The van der Waals surface area contributed by atoms with E-state index in [1.165, 1.54) is 0 Å². The number of hydrogen-bond donors (Lipinski definition) is 0. The van der Waals surface area contributed by atoms with Gasteiger partial charge in [-0.3, -0.25) is 4.79 Å². The van der Waals surface area contributed by atoms with E-state index in [1.54, 1.807) is 26.2 Å². The summed E-state index contributed by atoms with van der Waals surface area (Å²) in [5.74, 6) is 1.38. The summed E-state index contributed by atoms with van der Waals surface area (Å²) < 4.78 is 10.5. The second kappa shape index (κ2) is 3.65. The van der Waals surface area contributed by atoms with Gasteiger partial charge in [0.15, 0.2) is 11.5 Å². The standard InChI is InChI=1S/C13H17NO3/c1-13(2)8-6-10(16-4)11(17-5)7-9(8)14(3)12(13)15/h6-7H,1-5H3. The molecule has 1 heterocycles. The minimum absolute atomic E-state index is 0.0859. The van der Waals surface area contributed by atoms with Gasteiger partial charge in [-0.1, -0.05) is 0 Å². The van der Waals surface area contributed by atoms with E-state index in [9.17, 15) is 4.79 Å². The van der Waals surface area contributed by atoms with Crippen LogP contribution in [0.3, 0.4) is 0 Å². The third-order valence-electron chi connectivity index (χ3n) is 3.38. The molecule has 0 atom stereocenters. The highest BCUT2D eigenvalue weighted by atomic mass is 16.5. The van der Waals surface area contributed by atoms with Crippen LogP contribution in [0.25, 0.3) is 0 Å². The van der Waals surface area contributed by atoms with Gasteiger partial charge in [-0.05, 0) is 25.5 Å². The van der Waals surface area contributed by atoms with Gasteiger partial charge in [-0.25, -0.2) is 0 Å². The summed E-state index contributed by atoms with van der Waals surface area (Å²) in [5, 5.41) is 0. The van der Waals surface area contributed by atoms with Crippen LogP contribution in [0.1, 0.15) is 19.4 Å². The zero-order valence-electron chi connectivity index (χ0n) is 10.8. The van der Waals surface area contributed by atoms with Crippen LogP contribution >= 0.6 is 0 Å². The van der Waals surface area contributed by atoms with Crippen molar-refractivity contribution in [3.8, 4) is 11.5 Å². The number of amides is 1. The minimum atomic E-state index is -0.510. The molecule has 0 bridgehead atoms. The molecule has 0 spiro atoms. The molecule has 1 aromatic rings. The molecular weight excluding hydrogens is 218 g/mol. The molecule has 17 heavy (non-hydrogen) atoms. The molecule has 0 saturated heterocycles. The predicted octanol–water partition coefficient (Wildman–Crippen LogP) is 1.96. The average Bonchev–Trinajstić information content (AvgIpc) is 2.49. The van der Waals surface area contributed by atoms with Gasteiger partial charge in [-0.15, -0.1) is 0 Å². The predicted molar refractivity (Wildman–Crippen MR) is 66.0 cm³/mol. The van der Waals surface area contributed by atoms with Gasteiger partial charge in [-0.2, -0.15) is 0 Å². The smallest absolute Gasteiger partial charge is 0.236 e. The fraction of sp³-hybridized carbons (Fsp3) is 0.462. The average molecular weight is 235 g/mol. The molecule has 1 amide bonds. The number of ether oxygens (including phenoxy) is 2. The van der Waals surface area contributed by atoms with Crippen LogP contribution in [0, 0.1) is 0 Å². The van der Waals surface area contributed by atoms with Gasteiger partial charge < -0.3 is 14.4 Å². The third kappa shape index (κ3) is 1.47. The first-order valence-electron chi connectivity index (χ1n) is 5.48. The number of fused-ring (bicyclic) bond motifs is 1. The summed E-state index contributed by atoms with van der Waals surface area (Å²) in [6.45, 7) is 3.84. The van der Waals surface area contributed by atoms with Crippen molar-refractivity contribution in [2.45, 2.75) is 19.3 Å². The lowest BCUT2D eigenvalue weighted by Gasteiger charge is -2.17. The Bertz CT molecular complexity index is 480. The lowest BCUT2D eigenvalue weighted by Crippen LogP contribution is -2.33. The molecule has 0 aliphatic carbocycles. The van der Waals surface area contributed by atoms with E-state index in [4.69, 9.17) is 9.47 Å². The quantitative estimate of drug-likeness (QED) is 0.786. The molecule has 4 heteroatoms. The first kappa shape index (κ1) is 11.8. The molecule has 0 N–H and O–H groups in total. The van der Waals surface area contributed by atoms with Crippen LogP contribution in [0.15, 0.2) is 12.1 Å². The molecule has 0 saturated carbocycles. The van der Waals surface area contributed by atoms with Crippen molar-refractivity contribution in [3.05, 3.63) is 17.7 Å². The summed E-state index contributed by atoms with van der Waals surface area (Å²) in [6, 6.07) is 3.73. The number of carbonyl (C=O) groups is 1. The summed E-state index contributed by atoms with van der Waals surface area (Å²) in [4.78, 5) is 13.8. The van der Waals surface area contributed by atoms with Crippen molar-refractivity contribution < 1.29 is 14.3 Å². The molecule has 0 unspecified atom stereocenters. The summed E-state index contributed by atoms with van der Waals surface area (Å²) in [5.41, 5.74) is 1.35. The van der Waals surface area contributed by atoms with Crippen molar-refractivity contribution in [1.29, 1.82) is 0 Å². The van der Waals surface area contributed by atoms with Gasteiger partial charge >= 0.3 is 0 Å². The Morgan fingerprint density at radius 1 is 1.12 bits per heavy atom. The highest BCUT2D eigenvalue weighted by Gasteiger charge is 2.43. The fourth-order valence-electron chi connectivity index (χ4n) is 2.29. The Kier molecular flexibility index (Phi) is 2.53. The lowest BCUT2D eigenvalue weighted by atomic mass is 9.86. The van der Waals surface area contributed by atoms with Crippen LogP contribution in [-0.2, 0) is 10.2 Å². The Hall–Kier alpha value is -1.71. The first-order valence-corrected chi connectivity index (χ1v) is 5.48. The van der Waals surface area contributed by atoms with Crippen LogP contribution in [0.4, 0.5) is 5.69 Å². The molecule has 92 valence electrons. The van der Waals surface area contributed by atoms with E-state index < -0.39 is 5.41 Å². The van der Waals surface area contributed by atoms with Gasteiger partial charge in [0, 0.05) is 13.1 Å². The fourth-order valence-corrected chi connectivity index (χ4v) is 2.29.